The number of rotatable bonds is 3. The van der Waals surface area contributed by atoms with Crippen LogP contribution in [0.25, 0.3) is 5.70 Å². The fraction of sp³-hybridized carbons (Fsp3) is 0.0588. The predicted molar refractivity (Wildman–Crippen MR) is 98.5 cm³/mol. The molecule has 0 fully saturated rings. The summed E-state index contributed by atoms with van der Waals surface area (Å²) in [5, 5.41) is 11.5. The summed E-state index contributed by atoms with van der Waals surface area (Å²) in [5.41, 5.74) is 10.9. The second-order valence-corrected chi connectivity index (χ2v) is 7.16. The SMILES string of the molecule is [NH3+][C@H](c1ccccc1)c1nnc2n1NC(c1ccc(Br)cc1)=CS2. The van der Waals surface area contributed by atoms with Gasteiger partial charge >= 0.3 is 0 Å². The lowest BCUT2D eigenvalue weighted by Crippen LogP contribution is -2.55. The first-order valence-corrected chi connectivity index (χ1v) is 9.13. The summed E-state index contributed by atoms with van der Waals surface area (Å²) in [5.74, 6) is 0.798. The van der Waals surface area contributed by atoms with E-state index >= 15 is 0 Å². The predicted octanol–water partition coefficient (Wildman–Crippen LogP) is 3.02. The molecule has 1 atom stereocenters. The van der Waals surface area contributed by atoms with Crippen LogP contribution < -0.4 is 11.2 Å². The third kappa shape index (κ3) is 2.86. The Morgan fingerprint density at radius 3 is 2.54 bits per heavy atom. The lowest BCUT2D eigenvalue weighted by molar-refractivity contribution is -0.414. The van der Waals surface area contributed by atoms with E-state index in [2.05, 4.69) is 67.0 Å². The molecule has 0 saturated carbocycles. The molecule has 1 aliphatic heterocycles. The number of thioether (sulfide) groups is 1. The van der Waals surface area contributed by atoms with Gasteiger partial charge in [-0.1, -0.05) is 70.2 Å². The number of nitrogens with zero attached hydrogens (tertiary/aromatic N) is 3. The van der Waals surface area contributed by atoms with Crippen molar-refractivity contribution in [2.24, 2.45) is 0 Å². The Kier molecular flexibility index (Phi) is 4.13. The summed E-state index contributed by atoms with van der Waals surface area (Å²) in [4.78, 5) is 0. The van der Waals surface area contributed by atoms with Crippen molar-refractivity contribution in [1.82, 2.24) is 14.9 Å². The second kappa shape index (κ2) is 6.43. The Morgan fingerprint density at radius 2 is 1.79 bits per heavy atom. The van der Waals surface area contributed by atoms with Gasteiger partial charge in [-0.2, -0.15) is 0 Å². The number of fused-ring (bicyclic) bond motifs is 1. The molecule has 7 heteroatoms. The smallest absolute Gasteiger partial charge is 0.215 e. The number of nitrogens with one attached hydrogen (secondary N) is 1. The number of halogens is 1. The van der Waals surface area contributed by atoms with E-state index in [1.807, 2.05) is 35.0 Å². The zero-order valence-corrected chi connectivity index (χ0v) is 15.1. The first-order chi connectivity index (χ1) is 11.7. The van der Waals surface area contributed by atoms with Crippen LogP contribution in [0.2, 0.25) is 0 Å². The number of quaternary nitrogens is 1. The third-order valence-electron chi connectivity index (χ3n) is 3.84. The number of hydrogen-bond acceptors (Lipinski definition) is 4. The molecule has 0 aliphatic carbocycles. The van der Waals surface area contributed by atoms with Gasteiger partial charge in [0.2, 0.25) is 11.0 Å². The Hall–Kier alpha value is -2.09. The van der Waals surface area contributed by atoms with Crippen LogP contribution in [0.15, 0.2) is 69.6 Å². The molecule has 4 rings (SSSR count). The minimum atomic E-state index is -0.0928. The largest absolute Gasteiger partial charge is 0.345 e. The van der Waals surface area contributed by atoms with Crippen LogP contribution in [0.5, 0.6) is 0 Å². The molecule has 0 unspecified atom stereocenters. The van der Waals surface area contributed by atoms with Gasteiger partial charge in [0, 0.05) is 21.0 Å². The van der Waals surface area contributed by atoms with Crippen LogP contribution in [0.1, 0.15) is 23.0 Å². The molecule has 4 N–H and O–H groups in total. The fourth-order valence-corrected chi connectivity index (χ4v) is 3.55. The zero-order chi connectivity index (χ0) is 16.5. The van der Waals surface area contributed by atoms with Crippen LogP contribution >= 0.6 is 27.7 Å². The number of aromatic nitrogens is 3. The molecule has 0 saturated heterocycles. The van der Waals surface area contributed by atoms with Crippen molar-refractivity contribution in [2.75, 3.05) is 5.43 Å². The third-order valence-corrected chi connectivity index (χ3v) is 5.20. The van der Waals surface area contributed by atoms with E-state index in [1.54, 1.807) is 11.8 Å². The summed E-state index contributed by atoms with van der Waals surface area (Å²) in [6.45, 7) is 0. The molecule has 0 radical (unpaired) electrons. The summed E-state index contributed by atoms with van der Waals surface area (Å²) >= 11 is 5.02. The van der Waals surface area contributed by atoms with Crippen molar-refractivity contribution >= 4 is 33.4 Å². The summed E-state index contributed by atoms with van der Waals surface area (Å²) < 4.78 is 2.98. The molecular weight excluding hydrogens is 386 g/mol. The Bertz CT molecular complexity index is 889. The highest BCUT2D eigenvalue weighted by Crippen LogP contribution is 2.30. The van der Waals surface area contributed by atoms with Crippen LogP contribution in [0.3, 0.4) is 0 Å². The standard InChI is InChI=1S/C17H14BrN5S/c18-13-8-6-11(7-9-13)14-10-24-17-21-20-16(23(17)22-14)15(19)12-4-2-1-3-5-12/h1-10,15,22H,19H2/p+1/t15-/m1/s1. The highest BCUT2D eigenvalue weighted by atomic mass is 79.9. The minimum absolute atomic E-state index is 0.0928. The maximum atomic E-state index is 4.34. The molecule has 0 amide bonds. The molecule has 3 aromatic rings. The van der Waals surface area contributed by atoms with Crippen molar-refractivity contribution in [3.63, 3.8) is 0 Å². The van der Waals surface area contributed by atoms with Crippen molar-refractivity contribution in [2.45, 2.75) is 11.2 Å². The van der Waals surface area contributed by atoms with Gasteiger partial charge in [0.1, 0.15) is 0 Å². The highest BCUT2D eigenvalue weighted by Gasteiger charge is 2.25. The summed E-state index contributed by atoms with van der Waals surface area (Å²) in [6, 6.07) is 18.2. The Balaban J connectivity index is 1.65. The van der Waals surface area contributed by atoms with E-state index < -0.39 is 0 Å². The quantitative estimate of drug-likeness (QED) is 0.708. The molecule has 1 aliphatic rings. The molecule has 0 spiro atoms. The van der Waals surface area contributed by atoms with E-state index in [4.69, 9.17) is 0 Å². The van der Waals surface area contributed by atoms with Gasteiger partial charge in [-0.3, -0.25) is 5.43 Å². The summed E-state index contributed by atoms with van der Waals surface area (Å²) in [6.07, 6.45) is 0. The number of hydrogen-bond donors (Lipinski definition) is 2. The van der Waals surface area contributed by atoms with Crippen LogP contribution in [0, 0.1) is 0 Å². The van der Waals surface area contributed by atoms with Gasteiger partial charge in [0.15, 0.2) is 6.04 Å². The monoisotopic (exact) mass is 400 g/mol. The van der Waals surface area contributed by atoms with Gasteiger partial charge in [0.05, 0.1) is 5.70 Å². The zero-order valence-electron chi connectivity index (χ0n) is 12.7. The molecular formula is C17H15BrN5S+. The first-order valence-electron chi connectivity index (χ1n) is 7.45. The van der Waals surface area contributed by atoms with Gasteiger partial charge in [0.25, 0.3) is 0 Å². The van der Waals surface area contributed by atoms with E-state index in [-0.39, 0.29) is 6.04 Å². The highest BCUT2D eigenvalue weighted by molar-refractivity contribution is 9.10. The van der Waals surface area contributed by atoms with Gasteiger partial charge in [-0.15, -0.1) is 10.2 Å². The van der Waals surface area contributed by atoms with Crippen LogP contribution in [0.4, 0.5) is 0 Å². The Labute approximate surface area is 152 Å². The first kappa shape index (κ1) is 15.4. The molecule has 5 nitrogen and oxygen atoms in total. The Morgan fingerprint density at radius 1 is 1.04 bits per heavy atom. The van der Waals surface area contributed by atoms with Gasteiger partial charge < -0.3 is 5.73 Å². The average molecular weight is 401 g/mol. The van der Waals surface area contributed by atoms with Gasteiger partial charge in [-0.05, 0) is 12.1 Å². The second-order valence-electron chi connectivity index (χ2n) is 5.41. The van der Waals surface area contributed by atoms with Crippen molar-refractivity contribution in [3.05, 3.63) is 81.4 Å². The minimum Gasteiger partial charge on any atom is -0.345 e. The molecule has 24 heavy (non-hydrogen) atoms. The topological polar surface area (TPSA) is 70.4 Å². The van der Waals surface area contributed by atoms with Gasteiger partial charge in [-0.25, -0.2) is 4.68 Å². The van der Waals surface area contributed by atoms with Crippen LogP contribution in [-0.4, -0.2) is 14.9 Å². The van der Waals surface area contributed by atoms with E-state index in [0.29, 0.717) is 0 Å². The number of benzene rings is 2. The maximum Gasteiger partial charge on any atom is 0.215 e. The van der Waals surface area contributed by atoms with Crippen molar-refractivity contribution in [3.8, 4) is 0 Å². The average Bonchev–Trinajstić information content (AvgIpc) is 3.05. The van der Waals surface area contributed by atoms with Crippen LogP contribution in [-0.2, 0) is 0 Å². The lowest BCUT2D eigenvalue weighted by Gasteiger charge is -2.20. The lowest BCUT2D eigenvalue weighted by atomic mass is 10.1. The molecule has 120 valence electrons. The van der Waals surface area contributed by atoms with E-state index in [0.717, 1.165) is 32.3 Å². The van der Waals surface area contributed by atoms with E-state index in [1.165, 1.54) is 0 Å². The molecule has 2 heterocycles. The van der Waals surface area contributed by atoms with E-state index in [9.17, 15) is 0 Å². The fourth-order valence-electron chi connectivity index (χ4n) is 2.54. The molecule has 0 bridgehead atoms. The molecule has 2 aromatic carbocycles. The maximum absolute atomic E-state index is 4.34. The normalized spacial score (nSPS) is 14.5. The van der Waals surface area contributed by atoms with Crippen molar-refractivity contribution < 1.29 is 5.73 Å². The van der Waals surface area contributed by atoms with Crippen molar-refractivity contribution in [1.29, 1.82) is 0 Å². The molecule has 1 aromatic heterocycles. The summed E-state index contributed by atoms with van der Waals surface area (Å²) in [7, 11) is 0.